The Balaban J connectivity index is 2.14. The Morgan fingerprint density at radius 3 is 2.72 bits per heavy atom. The molecule has 0 radical (unpaired) electrons. The molecule has 0 amide bonds. The quantitative estimate of drug-likeness (QED) is 0.824. The summed E-state index contributed by atoms with van der Waals surface area (Å²) in [7, 11) is 0. The van der Waals surface area contributed by atoms with Crippen LogP contribution in [0.15, 0.2) is 16.6 Å². The van der Waals surface area contributed by atoms with Crippen LogP contribution >= 0.6 is 28.1 Å². The number of anilines is 1. The van der Waals surface area contributed by atoms with Crippen molar-refractivity contribution >= 4 is 38.8 Å². The lowest BCUT2D eigenvalue weighted by Crippen LogP contribution is -2.33. The van der Waals surface area contributed by atoms with Crippen molar-refractivity contribution < 1.29 is 4.39 Å². The summed E-state index contributed by atoms with van der Waals surface area (Å²) in [5.74, 6) is -0.330. The zero-order chi connectivity index (χ0) is 13.3. The summed E-state index contributed by atoms with van der Waals surface area (Å²) in [6.45, 7) is 3.02. The average molecular weight is 331 g/mol. The lowest BCUT2D eigenvalue weighted by Gasteiger charge is -2.38. The molecule has 1 fully saturated rings. The number of hydrogen-bond donors (Lipinski definition) is 2. The van der Waals surface area contributed by atoms with E-state index in [4.69, 9.17) is 18.0 Å². The Kier molecular flexibility index (Phi) is 3.92. The van der Waals surface area contributed by atoms with Gasteiger partial charge >= 0.3 is 0 Å². The molecule has 0 atom stereocenters. The molecule has 5 heteroatoms. The Labute approximate surface area is 120 Å². The monoisotopic (exact) mass is 330 g/mol. The van der Waals surface area contributed by atoms with Crippen molar-refractivity contribution in [1.82, 2.24) is 0 Å². The molecule has 2 rings (SSSR count). The summed E-state index contributed by atoms with van der Waals surface area (Å²) in [5, 5.41) is 3.17. The maximum Gasteiger partial charge on any atom is 0.161 e. The molecule has 0 aromatic heterocycles. The van der Waals surface area contributed by atoms with E-state index in [2.05, 4.69) is 28.2 Å². The molecule has 0 bridgehead atoms. The van der Waals surface area contributed by atoms with E-state index in [9.17, 15) is 4.39 Å². The van der Waals surface area contributed by atoms with Gasteiger partial charge in [-0.2, -0.15) is 0 Å². The van der Waals surface area contributed by atoms with Crippen LogP contribution in [-0.2, 0) is 0 Å². The van der Waals surface area contributed by atoms with Gasteiger partial charge in [0.05, 0.1) is 10.2 Å². The number of thiocarbonyl (C=S) groups is 1. The zero-order valence-electron chi connectivity index (χ0n) is 10.2. The van der Waals surface area contributed by atoms with E-state index in [1.807, 2.05) is 0 Å². The zero-order valence-corrected chi connectivity index (χ0v) is 12.6. The summed E-state index contributed by atoms with van der Waals surface area (Å²) in [5.41, 5.74) is 6.85. The maximum atomic E-state index is 14.1. The number of hydrogen-bond acceptors (Lipinski definition) is 2. The van der Waals surface area contributed by atoms with E-state index in [-0.39, 0.29) is 10.8 Å². The molecule has 0 saturated heterocycles. The van der Waals surface area contributed by atoms with Crippen LogP contribution in [0.1, 0.15) is 31.7 Å². The van der Waals surface area contributed by atoms with Gasteiger partial charge in [0.15, 0.2) is 5.82 Å². The topological polar surface area (TPSA) is 38.0 Å². The Hall–Kier alpha value is -0.680. The predicted octanol–water partition coefficient (Wildman–Crippen LogP) is 3.82. The highest BCUT2D eigenvalue weighted by Gasteiger charge is 2.31. The van der Waals surface area contributed by atoms with Crippen LogP contribution in [0.4, 0.5) is 10.1 Å². The summed E-state index contributed by atoms with van der Waals surface area (Å²) < 4.78 is 14.4. The molecule has 0 aliphatic heterocycles. The third-order valence-corrected chi connectivity index (χ3v) is 4.61. The fraction of sp³-hybridized carbons (Fsp3) is 0.462. The second-order valence-electron chi connectivity index (χ2n) is 5.17. The molecule has 1 aromatic rings. The van der Waals surface area contributed by atoms with Crippen molar-refractivity contribution in [3.05, 3.63) is 28.0 Å². The van der Waals surface area contributed by atoms with Crippen LogP contribution < -0.4 is 11.1 Å². The average Bonchev–Trinajstić information content (AvgIpc) is 2.28. The molecule has 0 spiro atoms. The minimum Gasteiger partial charge on any atom is -0.389 e. The second-order valence-corrected chi connectivity index (χ2v) is 6.40. The predicted molar refractivity (Wildman–Crippen MR) is 80.4 cm³/mol. The summed E-state index contributed by atoms with van der Waals surface area (Å²) in [6, 6.07) is 3.43. The van der Waals surface area contributed by atoms with Crippen LogP contribution in [0.2, 0.25) is 0 Å². The molecule has 98 valence electrons. The molecule has 1 aliphatic carbocycles. The van der Waals surface area contributed by atoms with Gasteiger partial charge in [-0.25, -0.2) is 4.39 Å². The highest BCUT2D eigenvalue weighted by molar-refractivity contribution is 9.10. The first-order valence-corrected chi connectivity index (χ1v) is 7.15. The van der Waals surface area contributed by atoms with Crippen LogP contribution in [0.5, 0.6) is 0 Å². The van der Waals surface area contributed by atoms with Gasteiger partial charge in [0.2, 0.25) is 0 Å². The van der Waals surface area contributed by atoms with Crippen LogP contribution in [0.3, 0.4) is 0 Å². The molecule has 0 heterocycles. The molecular weight excluding hydrogens is 315 g/mol. The van der Waals surface area contributed by atoms with Crippen molar-refractivity contribution in [3.8, 4) is 0 Å². The largest absolute Gasteiger partial charge is 0.389 e. The van der Waals surface area contributed by atoms with Gasteiger partial charge < -0.3 is 11.1 Å². The number of halogens is 2. The minimum absolute atomic E-state index is 0.193. The van der Waals surface area contributed by atoms with E-state index in [1.165, 1.54) is 19.3 Å². The van der Waals surface area contributed by atoms with E-state index in [1.54, 1.807) is 12.1 Å². The lowest BCUT2D eigenvalue weighted by atomic mass is 9.70. The first kappa shape index (κ1) is 13.7. The van der Waals surface area contributed by atoms with E-state index < -0.39 is 0 Å². The molecular formula is C13H16BrFN2S. The maximum absolute atomic E-state index is 14.1. The summed E-state index contributed by atoms with van der Waals surface area (Å²) in [4.78, 5) is 0.193. The number of nitrogens with two attached hydrogens (primary N) is 1. The van der Waals surface area contributed by atoms with Gasteiger partial charge in [-0.1, -0.05) is 25.6 Å². The fourth-order valence-corrected chi connectivity index (χ4v) is 3.00. The molecule has 0 unspecified atom stereocenters. The van der Waals surface area contributed by atoms with Gasteiger partial charge in [0.25, 0.3) is 0 Å². The molecule has 1 saturated carbocycles. The van der Waals surface area contributed by atoms with Crippen molar-refractivity contribution in [2.45, 2.75) is 26.2 Å². The smallest absolute Gasteiger partial charge is 0.161 e. The molecule has 1 aliphatic rings. The van der Waals surface area contributed by atoms with Gasteiger partial charge in [0, 0.05) is 12.1 Å². The van der Waals surface area contributed by atoms with E-state index in [0.29, 0.717) is 21.1 Å². The summed E-state index contributed by atoms with van der Waals surface area (Å²) in [6.07, 6.45) is 3.67. The lowest BCUT2D eigenvalue weighted by molar-refractivity contribution is 0.180. The van der Waals surface area contributed by atoms with Gasteiger partial charge in [0.1, 0.15) is 4.99 Å². The van der Waals surface area contributed by atoms with Crippen LogP contribution in [0.25, 0.3) is 0 Å². The van der Waals surface area contributed by atoms with Gasteiger partial charge in [-0.05, 0) is 46.3 Å². The normalized spacial score (nSPS) is 17.1. The number of benzene rings is 1. The Morgan fingerprint density at radius 1 is 1.56 bits per heavy atom. The van der Waals surface area contributed by atoms with Crippen molar-refractivity contribution in [2.24, 2.45) is 11.1 Å². The minimum atomic E-state index is -0.330. The van der Waals surface area contributed by atoms with Crippen molar-refractivity contribution in [3.63, 3.8) is 0 Å². The second kappa shape index (κ2) is 5.13. The highest BCUT2D eigenvalue weighted by Crippen LogP contribution is 2.40. The third-order valence-electron chi connectivity index (χ3n) is 3.61. The standard InChI is InChI=1S/C13H16BrFN2S/c1-13(5-2-6-13)7-17-9-4-3-8(12(16)18)10(14)11(9)15/h3-4,17H,2,5-7H2,1H3,(H2,16,18). The number of nitrogens with one attached hydrogen (secondary N) is 1. The van der Waals surface area contributed by atoms with E-state index >= 15 is 0 Å². The SMILES string of the molecule is CC1(CNc2ccc(C(N)=S)c(Br)c2F)CCC1. The van der Waals surface area contributed by atoms with Crippen LogP contribution in [-0.4, -0.2) is 11.5 Å². The third kappa shape index (κ3) is 2.67. The molecule has 2 nitrogen and oxygen atoms in total. The fourth-order valence-electron chi connectivity index (χ4n) is 2.14. The highest BCUT2D eigenvalue weighted by atomic mass is 79.9. The Morgan fingerprint density at radius 2 is 2.22 bits per heavy atom. The summed E-state index contributed by atoms with van der Waals surface area (Å²) >= 11 is 8.07. The van der Waals surface area contributed by atoms with Gasteiger partial charge in [-0.15, -0.1) is 0 Å². The molecule has 1 aromatic carbocycles. The van der Waals surface area contributed by atoms with Crippen molar-refractivity contribution in [1.29, 1.82) is 0 Å². The van der Waals surface area contributed by atoms with Crippen molar-refractivity contribution in [2.75, 3.05) is 11.9 Å². The molecule has 18 heavy (non-hydrogen) atoms. The van der Waals surface area contributed by atoms with Crippen LogP contribution in [0, 0.1) is 11.2 Å². The Bertz CT molecular complexity index is 486. The number of rotatable bonds is 4. The van der Waals surface area contributed by atoms with Gasteiger partial charge in [-0.3, -0.25) is 0 Å². The van der Waals surface area contributed by atoms with E-state index in [0.717, 1.165) is 6.54 Å². The first-order chi connectivity index (χ1) is 8.43. The molecule has 3 N–H and O–H groups in total. The first-order valence-electron chi connectivity index (χ1n) is 5.95.